The first-order valence-corrected chi connectivity index (χ1v) is 18.0. The summed E-state index contributed by atoms with van der Waals surface area (Å²) in [4.78, 5) is 0. The molecular formula is C27H48O2Si2. The molecule has 0 aromatic heterocycles. The normalized spacial score (nSPS) is 17.5. The minimum atomic E-state index is -1.57. The molecule has 2 nitrogen and oxygen atoms in total. The molecular weight excluding hydrogens is 412 g/mol. The molecule has 0 unspecified atom stereocenters. The summed E-state index contributed by atoms with van der Waals surface area (Å²) < 4.78 is 13.5. The lowest BCUT2D eigenvalue weighted by Gasteiger charge is -2.43. The Kier molecular flexibility index (Phi) is 10.7. The van der Waals surface area contributed by atoms with Gasteiger partial charge in [-0.25, -0.2) is 0 Å². The van der Waals surface area contributed by atoms with E-state index in [1.54, 1.807) is 0 Å². The molecule has 0 fully saturated rings. The number of hydrogen-bond donors (Lipinski definition) is 0. The van der Waals surface area contributed by atoms with Crippen molar-refractivity contribution in [1.29, 1.82) is 0 Å². The summed E-state index contributed by atoms with van der Waals surface area (Å²) in [5.74, 6) is 0.915. The van der Waals surface area contributed by atoms with Gasteiger partial charge in [-0.1, -0.05) is 90.2 Å². The Morgan fingerprint density at radius 1 is 0.548 bits per heavy atom. The van der Waals surface area contributed by atoms with Crippen LogP contribution in [0.3, 0.4) is 0 Å². The molecule has 2 rings (SSSR count). The van der Waals surface area contributed by atoms with Crippen LogP contribution in [0.25, 0.3) is 0 Å². The second kappa shape index (κ2) is 12.5. The molecule has 0 aromatic rings. The van der Waals surface area contributed by atoms with Gasteiger partial charge in [-0.2, -0.15) is 0 Å². The summed E-state index contributed by atoms with van der Waals surface area (Å²) in [6, 6.07) is 7.33. The highest BCUT2D eigenvalue weighted by atomic mass is 28.4. The van der Waals surface area contributed by atoms with Crippen molar-refractivity contribution in [1.82, 2.24) is 0 Å². The van der Waals surface area contributed by atoms with Crippen LogP contribution in [0, 0.1) is 17.3 Å². The van der Waals surface area contributed by atoms with Crippen LogP contribution < -0.4 is 0 Å². The molecule has 0 aliphatic heterocycles. The topological polar surface area (TPSA) is 18.5 Å². The highest BCUT2D eigenvalue weighted by Gasteiger charge is 2.43. The van der Waals surface area contributed by atoms with E-state index in [9.17, 15) is 0 Å². The molecule has 0 aromatic carbocycles. The lowest BCUT2D eigenvalue weighted by molar-refractivity contribution is 0.0907. The molecule has 4 heteroatoms. The maximum Gasteiger partial charge on any atom is 0.191 e. The quantitative estimate of drug-likeness (QED) is 0.216. The van der Waals surface area contributed by atoms with E-state index in [0.29, 0.717) is 11.8 Å². The predicted octanol–water partition coefficient (Wildman–Crippen LogP) is 8.28. The Bertz CT molecular complexity index is 545. The first-order chi connectivity index (χ1) is 15.0. The fraction of sp³-hybridized carbons (Fsp3) is 0.704. The average Bonchev–Trinajstić information content (AvgIpc) is 3.54. The van der Waals surface area contributed by atoms with Gasteiger partial charge in [-0.05, 0) is 54.5 Å². The molecule has 0 heterocycles. The van der Waals surface area contributed by atoms with Crippen molar-refractivity contribution in [3.8, 4) is 0 Å². The van der Waals surface area contributed by atoms with E-state index < -0.39 is 16.6 Å². The van der Waals surface area contributed by atoms with Crippen molar-refractivity contribution in [3.05, 3.63) is 48.6 Å². The van der Waals surface area contributed by atoms with Gasteiger partial charge < -0.3 is 8.85 Å². The monoisotopic (exact) mass is 460 g/mol. The van der Waals surface area contributed by atoms with Crippen molar-refractivity contribution in [3.63, 3.8) is 0 Å². The Hall–Kier alpha value is -0.686. The minimum Gasteiger partial charge on any atom is -0.417 e. The van der Waals surface area contributed by atoms with Crippen LogP contribution in [0.2, 0.25) is 36.3 Å². The van der Waals surface area contributed by atoms with E-state index in [-0.39, 0.29) is 5.41 Å². The molecule has 0 radical (unpaired) electrons. The van der Waals surface area contributed by atoms with Crippen molar-refractivity contribution < 1.29 is 8.85 Å². The van der Waals surface area contributed by atoms with Crippen LogP contribution in [0.15, 0.2) is 48.6 Å². The Morgan fingerprint density at radius 3 is 1.10 bits per heavy atom. The lowest BCUT2D eigenvalue weighted by Crippen LogP contribution is -2.42. The van der Waals surface area contributed by atoms with E-state index in [2.05, 4.69) is 90.2 Å². The number of rotatable bonds is 16. The standard InChI is InChI=1S/C27H48O2Si2/c1-7-30(8-2,9-3)28-23-21-27(25-17-13-14-18-25,26-19-15-16-20-26)22-24-29-31(10-4,11-5)12-6/h13-20,25-26H,7-12,21-24H2,1-6H3. The first-order valence-electron chi connectivity index (χ1n) is 13.0. The molecule has 0 atom stereocenters. The van der Waals surface area contributed by atoms with Gasteiger partial charge in [0.05, 0.1) is 0 Å². The van der Waals surface area contributed by atoms with Crippen molar-refractivity contribution in [2.75, 3.05) is 13.2 Å². The Balaban J connectivity index is 2.23. The third-order valence-electron chi connectivity index (χ3n) is 8.64. The molecule has 0 N–H and O–H groups in total. The molecule has 0 saturated carbocycles. The van der Waals surface area contributed by atoms with Crippen LogP contribution in [0.5, 0.6) is 0 Å². The predicted molar refractivity (Wildman–Crippen MR) is 142 cm³/mol. The van der Waals surface area contributed by atoms with Gasteiger partial charge in [0.2, 0.25) is 0 Å². The number of hydrogen-bond acceptors (Lipinski definition) is 2. The smallest absolute Gasteiger partial charge is 0.191 e. The summed E-state index contributed by atoms with van der Waals surface area (Å²) in [5, 5.41) is 0. The fourth-order valence-corrected chi connectivity index (χ4v) is 11.0. The van der Waals surface area contributed by atoms with Crippen LogP contribution in [0.1, 0.15) is 54.4 Å². The lowest BCUT2D eigenvalue weighted by atomic mass is 9.63. The number of allylic oxidation sites excluding steroid dienone is 8. The molecule has 176 valence electrons. The van der Waals surface area contributed by atoms with E-state index in [4.69, 9.17) is 8.85 Å². The zero-order chi connectivity index (χ0) is 22.8. The van der Waals surface area contributed by atoms with E-state index in [1.807, 2.05) is 0 Å². The third kappa shape index (κ3) is 6.22. The third-order valence-corrected chi connectivity index (χ3v) is 18.0. The van der Waals surface area contributed by atoms with E-state index in [1.165, 1.54) is 36.3 Å². The van der Waals surface area contributed by atoms with Gasteiger partial charge in [0.1, 0.15) is 0 Å². The van der Waals surface area contributed by atoms with Crippen LogP contribution in [-0.2, 0) is 8.85 Å². The Labute approximate surface area is 195 Å². The molecule has 0 spiro atoms. The maximum absolute atomic E-state index is 6.77. The van der Waals surface area contributed by atoms with Gasteiger partial charge in [0.15, 0.2) is 16.6 Å². The second-order valence-electron chi connectivity index (χ2n) is 9.51. The fourth-order valence-electron chi connectivity index (χ4n) is 5.67. The van der Waals surface area contributed by atoms with Gasteiger partial charge >= 0.3 is 0 Å². The molecule has 0 saturated heterocycles. The molecule has 31 heavy (non-hydrogen) atoms. The molecule has 2 aliphatic rings. The average molecular weight is 461 g/mol. The minimum absolute atomic E-state index is 0.137. The van der Waals surface area contributed by atoms with Crippen LogP contribution >= 0.6 is 0 Å². The molecule has 0 bridgehead atoms. The second-order valence-corrected chi connectivity index (χ2v) is 19.1. The summed E-state index contributed by atoms with van der Waals surface area (Å²) in [5.41, 5.74) is 0.137. The summed E-state index contributed by atoms with van der Waals surface area (Å²) in [6.07, 6.45) is 20.8. The van der Waals surface area contributed by atoms with Crippen LogP contribution in [-0.4, -0.2) is 29.8 Å². The summed E-state index contributed by atoms with van der Waals surface area (Å²) >= 11 is 0. The SMILES string of the molecule is CC[Si](CC)(CC)OCCC(CCO[Si](CC)(CC)CC)(C1C=CC=C1)C1C=CC=C1. The first kappa shape index (κ1) is 26.6. The zero-order valence-corrected chi connectivity index (χ0v) is 23.2. The summed E-state index contributed by atoms with van der Waals surface area (Å²) in [7, 11) is -3.14. The molecule has 2 aliphatic carbocycles. The van der Waals surface area contributed by atoms with Crippen molar-refractivity contribution in [2.45, 2.75) is 90.6 Å². The van der Waals surface area contributed by atoms with Gasteiger partial charge in [0.25, 0.3) is 0 Å². The van der Waals surface area contributed by atoms with Crippen LogP contribution in [0.4, 0.5) is 0 Å². The zero-order valence-electron chi connectivity index (χ0n) is 21.2. The maximum atomic E-state index is 6.77. The van der Waals surface area contributed by atoms with Gasteiger partial charge in [-0.15, -0.1) is 0 Å². The van der Waals surface area contributed by atoms with Gasteiger partial charge in [-0.3, -0.25) is 0 Å². The van der Waals surface area contributed by atoms with E-state index >= 15 is 0 Å². The highest BCUT2D eigenvalue weighted by molar-refractivity contribution is 6.73. The highest BCUT2D eigenvalue weighted by Crippen LogP contribution is 2.48. The van der Waals surface area contributed by atoms with Crippen molar-refractivity contribution in [2.24, 2.45) is 17.3 Å². The van der Waals surface area contributed by atoms with E-state index in [0.717, 1.165) is 26.1 Å². The largest absolute Gasteiger partial charge is 0.417 e. The molecule has 0 amide bonds. The summed E-state index contributed by atoms with van der Waals surface area (Å²) in [6.45, 7) is 15.7. The van der Waals surface area contributed by atoms with Crippen molar-refractivity contribution >= 4 is 16.6 Å². The Morgan fingerprint density at radius 2 is 0.839 bits per heavy atom. The van der Waals surface area contributed by atoms with Gasteiger partial charge in [0, 0.05) is 25.0 Å².